The smallest absolute Gasteiger partial charge is 0.326 e. The van der Waals surface area contributed by atoms with Crippen molar-refractivity contribution in [2.24, 2.45) is 0 Å². The number of aromatic nitrogens is 3. The van der Waals surface area contributed by atoms with Gasteiger partial charge in [-0.3, -0.25) is 9.59 Å². The Bertz CT molecular complexity index is 1870. The van der Waals surface area contributed by atoms with Gasteiger partial charge in [0.15, 0.2) is 0 Å². The second-order valence-corrected chi connectivity index (χ2v) is 16.6. The van der Waals surface area contributed by atoms with E-state index < -0.39 is 18.1 Å². The number of pyridine rings is 1. The van der Waals surface area contributed by atoms with E-state index in [2.05, 4.69) is 43.0 Å². The van der Waals surface area contributed by atoms with Crippen molar-refractivity contribution in [1.82, 2.24) is 30.1 Å². The Morgan fingerprint density at radius 2 is 1.59 bits per heavy atom. The van der Waals surface area contributed by atoms with E-state index in [1.807, 2.05) is 24.3 Å². The molecule has 0 unspecified atom stereocenters. The van der Waals surface area contributed by atoms with E-state index in [4.69, 9.17) is 28.7 Å². The lowest BCUT2D eigenvalue weighted by atomic mass is 10.1. The first-order valence-electron chi connectivity index (χ1n) is 23.7. The van der Waals surface area contributed by atoms with E-state index >= 15 is 0 Å². The summed E-state index contributed by atoms with van der Waals surface area (Å²) in [5, 5.41) is 39.4. The maximum absolute atomic E-state index is 12.4. The van der Waals surface area contributed by atoms with Crippen molar-refractivity contribution < 1.29 is 53.4 Å². The van der Waals surface area contributed by atoms with Crippen LogP contribution in [-0.2, 0) is 50.9 Å². The largest absolute Gasteiger partial charge is 0.480 e. The monoisotopic (exact) mass is 925 g/mol. The zero-order valence-corrected chi connectivity index (χ0v) is 38.4. The minimum atomic E-state index is -0.938. The number of aliphatic carboxylic acids is 1. The molecule has 1 aromatic carbocycles. The molecule has 2 aliphatic rings. The number of fused-ring (bicyclic) bond motifs is 2. The number of nitrogens with zero attached hydrogens (tertiary/aromatic N) is 5. The molecule has 6 N–H and O–H groups in total. The number of benzene rings is 1. The van der Waals surface area contributed by atoms with Crippen molar-refractivity contribution >= 4 is 40.3 Å². The molecule has 0 spiro atoms. The highest BCUT2D eigenvalue weighted by atomic mass is 16.6. The summed E-state index contributed by atoms with van der Waals surface area (Å²) >= 11 is 0. The molecule has 366 valence electrons. The van der Waals surface area contributed by atoms with Crippen LogP contribution in [0.4, 0.5) is 11.6 Å². The summed E-state index contributed by atoms with van der Waals surface area (Å²) in [7, 11) is 0. The number of amides is 2. The third-order valence-electron chi connectivity index (χ3n) is 11.6. The lowest BCUT2D eigenvalue weighted by Crippen LogP contribution is -2.37. The van der Waals surface area contributed by atoms with Gasteiger partial charge in [-0.1, -0.05) is 24.6 Å². The van der Waals surface area contributed by atoms with Crippen molar-refractivity contribution in [3.8, 4) is 0 Å². The van der Waals surface area contributed by atoms with Crippen LogP contribution in [0.15, 0.2) is 42.7 Å². The van der Waals surface area contributed by atoms with Gasteiger partial charge in [0.2, 0.25) is 11.8 Å². The molecule has 5 rings (SSSR count). The second kappa shape index (κ2) is 30.6. The SMILES string of the molecule is O=C(COCCOCCOCCOCCOCCN(CCCCc1ccc2c(n1)NCCC2)CC[C@H](Nc1ncnc2ccccc12)C(=O)O)NCCCCCC(=O)N1C[C@H](O)C[C@H]1CO. The second-order valence-electron chi connectivity index (χ2n) is 16.6. The van der Waals surface area contributed by atoms with E-state index in [1.54, 1.807) is 4.90 Å². The fraction of sp³-hybridized carbons (Fsp3) is 0.660. The summed E-state index contributed by atoms with van der Waals surface area (Å²) in [6, 6.07) is 10.7. The fourth-order valence-electron chi connectivity index (χ4n) is 7.95. The number of aryl methyl sites for hydroxylation is 2. The summed E-state index contributed by atoms with van der Waals surface area (Å²) in [6.45, 7) is 7.12. The Morgan fingerprint density at radius 1 is 0.848 bits per heavy atom. The van der Waals surface area contributed by atoms with Gasteiger partial charge in [0.05, 0.1) is 83.7 Å². The summed E-state index contributed by atoms with van der Waals surface area (Å²) < 4.78 is 28.1. The number of ether oxygens (including phenoxy) is 5. The first kappa shape index (κ1) is 52.4. The topological polar surface area (TPSA) is 239 Å². The normalized spacial score (nSPS) is 16.3. The first-order chi connectivity index (χ1) is 32.3. The molecule has 4 heterocycles. The summed E-state index contributed by atoms with van der Waals surface area (Å²) in [6.07, 6.45) is 9.20. The molecule has 2 aromatic heterocycles. The minimum absolute atomic E-state index is 0.0540. The number of unbranched alkanes of at least 4 members (excludes halogenated alkanes) is 3. The molecule has 0 bridgehead atoms. The highest BCUT2D eigenvalue weighted by Crippen LogP contribution is 2.22. The molecule has 2 amide bonds. The van der Waals surface area contributed by atoms with Crippen LogP contribution in [0.1, 0.15) is 69.0 Å². The Balaban J connectivity index is 0.863. The van der Waals surface area contributed by atoms with Crippen molar-refractivity contribution in [3.05, 3.63) is 54.0 Å². The molecule has 3 atom stereocenters. The number of hydrogen-bond acceptors (Lipinski definition) is 16. The van der Waals surface area contributed by atoms with E-state index in [-0.39, 0.29) is 44.2 Å². The van der Waals surface area contributed by atoms with Gasteiger partial charge in [0.25, 0.3) is 0 Å². The van der Waals surface area contributed by atoms with Crippen molar-refractivity contribution in [1.29, 1.82) is 0 Å². The predicted molar refractivity (Wildman–Crippen MR) is 248 cm³/mol. The highest BCUT2D eigenvalue weighted by Gasteiger charge is 2.33. The average Bonchev–Trinajstić information content (AvgIpc) is 3.72. The van der Waals surface area contributed by atoms with Crippen LogP contribution < -0.4 is 16.0 Å². The van der Waals surface area contributed by atoms with E-state index in [0.29, 0.717) is 104 Å². The number of nitrogens with one attached hydrogen (secondary N) is 3. The summed E-state index contributed by atoms with van der Waals surface area (Å²) in [5.74, 6) is 0.314. The summed E-state index contributed by atoms with van der Waals surface area (Å²) in [5.41, 5.74) is 3.11. The zero-order chi connectivity index (χ0) is 46.6. The Labute approximate surface area is 388 Å². The van der Waals surface area contributed by atoms with E-state index in [1.165, 1.54) is 11.9 Å². The van der Waals surface area contributed by atoms with Crippen LogP contribution in [-0.4, -0.2) is 188 Å². The molecule has 66 heavy (non-hydrogen) atoms. The Kier molecular flexibility index (Phi) is 24.3. The van der Waals surface area contributed by atoms with Gasteiger partial charge in [-0.05, 0) is 88.1 Å². The maximum Gasteiger partial charge on any atom is 0.326 e. The molecular formula is C47H72N8O11. The molecular weight excluding hydrogens is 853 g/mol. The number of anilines is 2. The van der Waals surface area contributed by atoms with Crippen LogP contribution >= 0.6 is 0 Å². The molecule has 0 saturated carbocycles. The molecule has 0 aliphatic carbocycles. The van der Waals surface area contributed by atoms with Gasteiger partial charge in [-0.25, -0.2) is 19.7 Å². The number of rotatable bonds is 35. The maximum atomic E-state index is 12.4. The fourth-order valence-corrected chi connectivity index (χ4v) is 7.95. The quantitative estimate of drug-likeness (QED) is 0.0465. The summed E-state index contributed by atoms with van der Waals surface area (Å²) in [4.78, 5) is 54.1. The van der Waals surface area contributed by atoms with Crippen LogP contribution in [0.3, 0.4) is 0 Å². The number of likely N-dealkylation sites (tertiary alicyclic amines) is 1. The van der Waals surface area contributed by atoms with Crippen LogP contribution in [0, 0.1) is 0 Å². The average molecular weight is 925 g/mol. The standard InChI is InChI=1S/C47H72N8O11/c56-33-38-31-39(57)32-55(38)44(59)13-2-1-6-17-48-43(58)34-66-30-29-65-28-27-64-26-25-63-24-23-62-22-21-54(19-7-5-10-37-15-14-36-9-8-18-49-45(36)52-37)20-16-42(47(60)61)53-46-40-11-3-4-12-41(40)50-35-51-46/h3-4,11-12,14-15,35,38-39,42,56-57H,1-2,5-10,13,16-34H2,(H,48,58)(H,49,52)(H,60,61)(H,50,51,53)/t38-,39+,42-/m0/s1. The van der Waals surface area contributed by atoms with Gasteiger partial charge in [-0.2, -0.15) is 0 Å². The van der Waals surface area contributed by atoms with Gasteiger partial charge >= 0.3 is 5.97 Å². The number of carbonyl (C=O) groups excluding carboxylic acids is 2. The number of aliphatic hydroxyl groups is 2. The lowest BCUT2D eigenvalue weighted by Gasteiger charge is -2.25. The number of β-amino-alcohol motifs (C(OH)–C–C–N with tert-alkyl or cyclic N) is 1. The van der Waals surface area contributed by atoms with Crippen LogP contribution in [0.2, 0.25) is 0 Å². The van der Waals surface area contributed by atoms with Crippen molar-refractivity contribution in [2.45, 2.75) is 88.8 Å². The molecule has 3 aromatic rings. The number of hydrogen-bond donors (Lipinski definition) is 6. The molecule has 1 fully saturated rings. The van der Waals surface area contributed by atoms with E-state index in [9.17, 15) is 29.7 Å². The predicted octanol–water partition coefficient (Wildman–Crippen LogP) is 2.68. The van der Waals surface area contributed by atoms with Crippen molar-refractivity contribution in [2.75, 3.05) is 123 Å². The molecule has 0 radical (unpaired) electrons. The molecule has 19 nitrogen and oxygen atoms in total. The van der Waals surface area contributed by atoms with Gasteiger partial charge in [0.1, 0.15) is 30.6 Å². The third kappa shape index (κ3) is 19.3. The van der Waals surface area contributed by atoms with E-state index in [0.717, 1.165) is 80.4 Å². The van der Waals surface area contributed by atoms with Crippen LogP contribution in [0.25, 0.3) is 10.9 Å². The molecule has 1 saturated heterocycles. The minimum Gasteiger partial charge on any atom is -0.480 e. The van der Waals surface area contributed by atoms with Gasteiger partial charge in [-0.15, -0.1) is 0 Å². The zero-order valence-electron chi connectivity index (χ0n) is 38.4. The molecule has 2 aliphatic heterocycles. The van der Waals surface area contributed by atoms with Gasteiger partial charge < -0.3 is 64.8 Å². The van der Waals surface area contributed by atoms with Crippen LogP contribution in [0.5, 0.6) is 0 Å². The lowest BCUT2D eigenvalue weighted by molar-refractivity contribution is -0.138. The van der Waals surface area contributed by atoms with Gasteiger partial charge in [0, 0.05) is 50.2 Å². The Morgan fingerprint density at radius 3 is 2.35 bits per heavy atom. The third-order valence-corrected chi connectivity index (χ3v) is 11.6. The Hall–Kier alpha value is -4.60. The first-order valence-corrected chi connectivity index (χ1v) is 23.7. The molecule has 19 heteroatoms. The highest BCUT2D eigenvalue weighted by molar-refractivity contribution is 5.90. The number of carboxylic acid groups (broad SMARTS) is 1. The number of carbonyl (C=O) groups is 3. The number of carboxylic acids is 1. The number of aliphatic hydroxyl groups excluding tert-OH is 2. The van der Waals surface area contributed by atoms with Crippen molar-refractivity contribution in [3.63, 3.8) is 0 Å². The number of para-hydroxylation sites is 1.